The van der Waals surface area contributed by atoms with E-state index in [1.807, 2.05) is 0 Å². The summed E-state index contributed by atoms with van der Waals surface area (Å²) in [7, 11) is 0. The molecule has 0 unspecified atom stereocenters. The topological polar surface area (TPSA) is 67.5 Å². The molecular formula is C13H14BrN3O2. The largest absolute Gasteiger partial charge is 0.477 e. The molecule has 0 radical (unpaired) electrons. The summed E-state index contributed by atoms with van der Waals surface area (Å²) >= 11 is 3.53. The summed E-state index contributed by atoms with van der Waals surface area (Å²) in [4.78, 5) is 15.3. The summed E-state index contributed by atoms with van der Waals surface area (Å²) in [6.45, 7) is 0. The molecule has 0 spiro atoms. The van der Waals surface area contributed by atoms with E-state index in [1.54, 1.807) is 10.7 Å². The number of hydrogen-bond donors (Lipinski definition) is 1. The lowest BCUT2D eigenvalue weighted by molar-refractivity contribution is 0.0698. The number of rotatable bonds is 2. The average Bonchev–Trinajstić information content (AvgIpc) is 2.83. The molecule has 1 N–H and O–H groups in total. The monoisotopic (exact) mass is 323 g/mol. The number of carboxylic acids is 1. The summed E-state index contributed by atoms with van der Waals surface area (Å²) in [6.07, 6.45) is 9.03. The van der Waals surface area contributed by atoms with Crippen molar-refractivity contribution in [3.8, 4) is 0 Å². The Kier molecular flexibility index (Phi) is 3.26. The number of aromatic nitrogens is 3. The van der Waals surface area contributed by atoms with Gasteiger partial charge in [0.1, 0.15) is 5.56 Å². The van der Waals surface area contributed by atoms with Crippen molar-refractivity contribution in [2.24, 2.45) is 0 Å². The maximum Gasteiger partial charge on any atom is 0.341 e. The van der Waals surface area contributed by atoms with Gasteiger partial charge in [-0.05, 0) is 28.8 Å². The van der Waals surface area contributed by atoms with Crippen molar-refractivity contribution in [2.45, 2.75) is 38.0 Å². The van der Waals surface area contributed by atoms with Crippen molar-refractivity contribution < 1.29 is 9.90 Å². The normalized spacial score (nSPS) is 16.9. The minimum atomic E-state index is -0.987. The van der Waals surface area contributed by atoms with Gasteiger partial charge in [-0.1, -0.05) is 19.3 Å². The van der Waals surface area contributed by atoms with Gasteiger partial charge in [0.05, 0.1) is 16.4 Å². The van der Waals surface area contributed by atoms with Crippen molar-refractivity contribution in [1.29, 1.82) is 0 Å². The molecule has 100 valence electrons. The van der Waals surface area contributed by atoms with E-state index in [0.717, 1.165) is 23.0 Å². The maximum absolute atomic E-state index is 11.1. The molecule has 0 atom stereocenters. The fourth-order valence-corrected chi connectivity index (χ4v) is 3.42. The Bertz CT molecular complexity index is 632. The van der Waals surface area contributed by atoms with E-state index in [-0.39, 0.29) is 5.56 Å². The standard InChI is InChI=1S/C13H14BrN3O2/c14-10-7-15-12-9(13(18)19)6-16-17(12)11(10)8-4-2-1-3-5-8/h6-8H,1-5H2,(H,18,19). The van der Waals surface area contributed by atoms with Gasteiger partial charge in [-0.3, -0.25) is 0 Å². The number of fused-ring (bicyclic) bond motifs is 1. The van der Waals surface area contributed by atoms with Crippen LogP contribution in [-0.2, 0) is 0 Å². The van der Waals surface area contributed by atoms with E-state index in [9.17, 15) is 4.79 Å². The third-order valence-corrected chi connectivity index (χ3v) is 4.35. The molecule has 0 aliphatic heterocycles. The molecule has 6 heteroatoms. The highest BCUT2D eigenvalue weighted by molar-refractivity contribution is 9.10. The van der Waals surface area contributed by atoms with Crippen LogP contribution in [0.3, 0.4) is 0 Å². The smallest absolute Gasteiger partial charge is 0.341 e. The van der Waals surface area contributed by atoms with Crippen molar-refractivity contribution >= 4 is 27.5 Å². The number of carboxylic acid groups (broad SMARTS) is 1. The average molecular weight is 324 g/mol. The van der Waals surface area contributed by atoms with E-state index >= 15 is 0 Å². The lowest BCUT2D eigenvalue weighted by Gasteiger charge is -2.23. The summed E-state index contributed by atoms with van der Waals surface area (Å²) in [5.74, 6) is -0.561. The van der Waals surface area contributed by atoms with Crippen LogP contribution in [0.1, 0.15) is 54.1 Å². The molecule has 0 bridgehead atoms. The Hall–Kier alpha value is -1.43. The van der Waals surface area contributed by atoms with Crippen molar-refractivity contribution in [3.63, 3.8) is 0 Å². The van der Waals surface area contributed by atoms with Gasteiger partial charge < -0.3 is 5.11 Å². The molecule has 5 nitrogen and oxygen atoms in total. The first-order chi connectivity index (χ1) is 9.18. The van der Waals surface area contributed by atoms with Gasteiger partial charge in [-0.25, -0.2) is 14.3 Å². The minimum Gasteiger partial charge on any atom is -0.477 e. The molecule has 2 aromatic heterocycles. The van der Waals surface area contributed by atoms with Gasteiger partial charge >= 0.3 is 5.97 Å². The molecule has 0 amide bonds. The summed E-state index contributed by atoms with van der Waals surface area (Å²) in [5.41, 5.74) is 1.64. The third kappa shape index (κ3) is 2.14. The zero-order valence-corrected chi connectivity index (χ0v) is 11.9. The second-order valence-corrected chi connectivity index (χ2v) is 5.78. The van der Waals surface area contributed by atoms with Gasteiger partial charge in [0.2, 0.25) is 0 Å². The van der Waals surface area contributed by atoms with E-state index < -0.39 is 5.97 Å². The van der Waals surface area contributed by atoms with Crippen LogP contribution in [0.15, 0.2) is 16.9 Å². The van der Waals surface area contributed by atoms with Gasteiger partial charge in [0.25, 0.3) is 0 Å². The Balaban J connectivity index is 2.16. The van der Waals surface area contributed by atoms with Crippen LogP contribution in [0.5, 0.6) is 0 Å². The fourth-order valence-electron chi connectivity index (χ4n) is 2.82. The molecule has 19 heavy (non-hydrogen) atoms. The van der Waals surface area contributed by atoms with Crippen LogP contribution in [0, 0.1) is 0 Å². The second-order valence-electron chi connectivity index (χ2n) is 4.93. The van der Waals surface area contributed by atoms with Crippen LogP contribution in [0.2, 0.25) is 0 Å². The number of carbonyl (C=O) groups is 1. The molecular weight excluding hydrogens is 310 g/mol. The lowest BCUT2D eigenvalue weighted by atomic mass is 9.87. The van der Waals surface area contributed by atoms with Crippen LogP contribution >= 0.6 is 15.9 Å². The van der Waals surface area contributed by atoms with E-state index in [2.05, 4.69) is 26.0 Å². The highest BCUT2D eigenvalue weighted by Gasteiger charge is 2.23. The molecule has 2 aromatic rings. The first kappa shape index (κ1) is 12.6. The summed E-state index contributed by atoms with van der Waals surface area (Å²) < 4.78 is 2.59. The molecule has 3 rings (SSSR count). The van der Waals surface area contributed by atoms with Crippen LogP contribution < -0.4 is 0 Å². The zero-order chi connectivity index (χ0) is 13.4. The van der Waals surface area contributed by atoms with Gasteiger partial charge in [0, 0.05) is 12.1 Å². The maximum atomic E-state index is 11.1. The van der Waals surface area contributed by atoms with E-state index in [0.29, 0.717) is 11.6 Å². The first-order valence-electron chi connectivity index (χ1n) is 6.44. The minimum absolute atomic E-state index is 0.157. The lowest BCUT2D eigenvalue weighted by Crippen LogP contribution is -2.12. The predicted molar refractivity (Wildman–Crippen MR) is 73.5 cm³/mol. The highest BCUT2D eigenvalue weighted by atomic mass is 79.9. The number of halogens is 1. The first-order valence-corrected chi connectivity index (χ1v) is 7.23. The zero-order valence-electron chi connectivity index (χ0n) is 10.3. The summed E-state index contributed by atoms with van der Waals surface area (Å²) in [6, 6.07) is 0. The van der Waals surface area contributed by atoms with Crippen molar-refractivity contribution in [3.05, 3.63) is 28.1 Å². The van der Waals surface area contributed by atoms with Crippen LogP contribution in [-0.4, -0.2) is 25.7 Å². The second kappa shape index (κ2) is 4.92. The number of hydrogen-bond acceptors (Lipinski definition) is 3. The van der Waals surface area contributed by atoms with Crippen LogP contribution in [0.25, 0.3) is 5.65 Å². The molecule has 0 aromatic carbocycles. The Morgan fingerprint density at radius 3 is 2.74 bits per heavy atom. The quantitative estimate of drug-likeness (QED) is 0.921. The van der Waals surface area contributed by atoms with Gasteiger partial charge in [-0.15, -0.1) is 0 Å². The van der Waals surface area contributed by atoms with E-state index in [1.165, 1.54) is 25.5 Å². The number of aromatic carboxylic acids is 1. The molecule has 2 heterocycles. The SMILES string of the molecule is O=C(O)c1cnn2c(C3CCCCC3)c(Br)cnc12. The van der Waals surface area contributed by atoms with E-state index in [4.69, 9.17) is 5.11 Å². The molecule has 1 saturated carbocycles. The van der Waals surface area contributed by atoms with Crippen molar-refractivity contribution in [1.82, 2.24) is 14.6 Å². The predicted octanol–water partition coefficient (Wildman–Crippen LogP) is 3.24. The van der Waals surface area contributed by atoms with Crippen molar-refractivity contribution in [2.75, 3.05) is 0 Å². The Labute approximate surface area is 118 Å². The molecule has 1 aliphatic carbocycles. The van der Waals surface area contributed by atoms with Gasteiger partial charge in [0.15, 0.2) is 5.65 Å². The van der Waals surface area contributed by atoms with Crippen LogP contribution in [0.4, 0.5) is 0 Å². The Morgan fingerprint density at radius 2 is 2.05 bits per heavy atom. The molecule has 0 saturated heterocycles. The number of nitrogens with zero attached hydrogens (tertiary/aromatic N) is 3. The molecule has 1 fully saturated rings. The fraction of sp³-hybridized carbons (Fsp3) is 0.462. The summed E-state index contributed by atoms with van der Waals surface area (Å²) in [5, 5.41) is 13.4. The molecule has 1 aliphatic rings. The third-order valence-electron chi connectivity index (χ3n) is 3.74. The highest BCUT2D eigenvalue weighted by Crippen LogP contribution is 2.36. The van der Waals surface area contributed by atoms with Gasteiger partial charge in [-0.2, -0.15) is 5.10 Å². The Morgan fingerprint density at radius 1 is 1.32 bits per heavy atom.